The Bertz CT molecular complexity index is 6670. The van der Waals surface area contributed by atoms with E-state index in [0.717, 1.165) is 16.3 Å². The zero-order valence-electron chi connectivity index (χ0n) is 78.6. The first kappa shape index (κ1) is 104. The molecule has 19 rings (SSSR count). The van der Waals surface area contributed by atoms with Crippen LogP contribution in [-0.4, -0.2) is 286 Å². The molecular weight excluding hydrogens is 2010 g/mol. The first-order valence-corrected chi connectivity index (χ1v) is 49.6. The van der Waals surface area contributed by atoms with Gasteiger partial charge in [-0.2, -0.15) is 0 Å². The molecular formula is C95H96Cl3N13O26S5. The zero-order valence-corrected chi connectivity index (χ0v) is 84.9. The van der Waals surface area contributed by atoms with Crippen LogP contribution in [-0.2, 0) is 47.9 Å². The first-order chi connectivity index (χ1) is 66.9. The molecule has 10 amide bonds. The number of β-lactam (4-membered cyclic amide) rings is 5. The van der Waals surface area contributed by atoms with Crippen molar-refractivity contribution in [2.24, 2.45) is 0 Å². The molecule has 39 nitrogen and oxygen atoms in total. The molecule has 142 heavy (non-hydrogen) atoms. The van der Waals surface area contributed by atoms with Gasteiger partial charge < -0.3 is 104 Å². The minimum Gasteiger partial charge on any atom is -0.496 e. The van der Waals surface area contributed by atoms with Crippen molar-refractivity contribution in [2.75, 3.05) is 20.8 Å². The summed E-state index contributed by atoms with van der Waals surface area (Å²) in [6.45, 7) is 24.9. The lowest BCUT2D eigenvalue weighted by Crippen LogP contribution is -2.70. The summed E-state index contributed by atoms with van der Waals surface area (Å²) >= 11 is 25.6. The molecule has 3 aromatic heterocycles. The number of hydrogen-bond donors (Lipinski definition) is 10. The van der Waals surface area contributed by atoms with Crippen molar-refractivity contribution >= 4 is 193 Å². The normalized spacial score (nSPS) is 25.0. The van der Waals surface area contributed by atoms with Gasteiger partial charge in [0.1, 0.15) is 161 Å². The van der Waals surface area contributed by atoms with Gasteiger partial charge in [0.2, 0.25) is 29.5 Å². The minimum absolute atomic E-state index is 0.119. The van der Waals surface area contributed by atoms with Gasteiger partial charge in [-0.15, -0.1) is 58.8 Å². The number of amides is 10. The quantitative estimate of drug-likeness (QED) is 0.0282. The number of thioether (sulfide) groups is 5. The molecule has 15 atom stereocenters. The topological polar surface area (TPSA) is 539 Å². The van der Waals surface area contributed by atoms with Gasteiger partial charge in [-0.05, 0) is 144 Å². The highest BCUT2D eigenvalue weighted by Crippen LogP contribution is 2.57. The van der Waals surface area contributed by atoms with Crippen LogP contribution < -0.4 is 40.8 Å². The third-order valence-electron chi connectivity index (χ3n) is 25.5. The monoisotopic (exact) mass is 2100 g/mol. The number of methoxy groups -OCH3 is 2. The number of aliphatic carboxylic acids is 5. The van der Waals surface area contributed by atoms with E-state index < -0.39 is 188 Å². The number of carboxylic acids is 5. The van der Waals surface area contributed by atoms with Crippen LogP contribution in [0.25, 0.3) is 44.5 Å². The molecule has 10 aliphatic heterocycles. The number of nitrogens with one attached hydrogen (secondary N) is 5. The fourth-order valence-electron chi connectivity index (χ4n) is 19.1. The van der Waals surface area contributed by atoms with Crippen LogP contribution in [0, 0.1) is 20.8 Å². The standard InChI is InChI=1S/C21H22N2O5S.C19H17Cl2N3O5S.C19H18ClN3O5S.C19H19N3O5S.C17H20N2O6S/c1-4-28-13-10-9-11-7-5-6-8-12(11)14(13)17(24)22-15-18(25)23-16(20(26)27)21(2,3)29-19(15)23;1-7-10(12(23-29-7)11-8(20)5-4-6-9(11)21)15(25)22-13-16(26)24-14(18(27)28)19(2,3)30-17(13)24;1-8-11(12(22-28-8)9-6-4-5-7-10(9)20)15(24)21-13-16(25)23-14(18(26)27)19(2,3)29-17(13)23;1-9-11(12(21-27-9)10-7-5-4-6-8-10)15(23)20-13-16(24)22-14(18(25)26)19(2,3)28-17(13)22;1-17(2)12(16(22)23)19-14(21)11(15(19)26-17)18-13(20)10-8(24-3)6-5-7-9(10)25-4/h5-10,15-16,19H,4H2,1-3H3,(H,22,24)(H,26,27);4-6,13-14,17H,1-3H3,(H,22,25)(H,27,28);4-7,13-14,17H,1-3H3,(H,21,24)(H,26,27);4-8,13-14,17H,1-3H3,(H,20,23)(H,25,26);5-7,11-12,15H,1-4H3,(H,18,20)(H,22,23)/t15-,16+,19-;3*13-,14+,17-;11-,12+,15-/m11111/s1. The van der Waals surface area contributed by atoms with Crippen LogP contribution in [0.15, 0.2) is 141 Å². The minimum atomic E-state index is -1.07. The Morgan fingerprint density at radius 2 is 0.655 bits per heavy atom. The van der Waals surface area contributed by atoms with Gasteiger partial charge in [0.25, 0.3) is 29.5 Å². The van der Waals surface area contributed by atoms with Gasteiger partial charge in [-0.25, -0.2) is 24.0 Å². The van der Waals surface area contributed by atoms with Crippen molar-refractivity contribution in [1.29, 1.82) is 0 Å². The summed E-state index contributed by atoms with van der Waals surface area (Å²) in [7, 11) is 2.88. The maximum absolute atomic E-state index is 13.2. The lowest BCUT2D eigenvalue weighted by molar-refractivity contribution is -0.159. The molecule has 0 aliphatic carbocycles. The van der Waals surface area contributed by atoms with E-state index in [9.17, 15) is 97.5 Å². The number of carbonyl (C=O) groups is 15. The highest BCUT2D eigenvalue weighted by Gasteiger charge is 2.70. The van der Waals surface area contributed by atoms with E-state index in [0.29, 0.717) is 72.8 Å². The molecule has 13 heterocycles. The maximum Gasteiger partial charge on any atom is 0.327 e. The number of ether oxygens (including phenoxy) is 3. The van der Waals surface area contributed by atoms with E-state index in [-0.39, 0.29) is 51.2 Å². The molecule has 0 spiro atoms. The van der Waals surface area contributed by atoms with Crippen LogP contribution in [0.2, 0.25) is 15.1 Å². The van der Waals surface area contributed by atoms with Gasteiger partial charge in [-0.1, -0.05) is 141 Å². The number of benzene rings is 6. The summed E-state index contributed by atoms with van der Waals surface area (Å²) in [5.41, 5.74) is 3.66. The average Bonchev–Trinajstić information content (AvgIpc) is 1.57. The molecule has 47 heteroatoms. The van der Waals surface area contributed by atoms with E-state index in [2.05, 4.69) is 42.1 Å². The van der Waals surface area contributed by atoms with Crippen LogP contribution in [0.4, 0.5) is 0 Å². The predicted molar refractivity (Wildman–Crippen MR) is 525 cm³/mol. The smallest absolute Gasteiger partial charge is 0.327 e. The molecule has 748 valence electrons. The van der Waals surface area contributed by atoms with Crippen LogP contribution >= 0.6 is 93.6 Å². The van der Waals surface area contributed by atoms with Gasteiger partial charge in [0.05, 0.1) is 41.5 Å². The van der Waals surface area contributed by atoms with E-state index in [1.54, 1.807) is 157 Å². The molecule has 10 N–H and O–H groups in total. The highest BCUT2D eigenvalue weighted by molar-refractivity contribution is 8.02. The second kappa shape index (κ2) is 39.5. The maximum atomic E-state index is 13.2. The number of carbonyl (C=O) groups excluding carboxylic acids is 10. The number of carboxylic acid groups (broad SMARTS) is 5. The number of aromatic nitrogens is 3. The van der Waals surface area contributed by atoms with E-state index in [4.69, 9.17) is 62.6 Å². The number of aryl methyl sites for hydroxylation is 3. The molecule has 10 fully saturated rings. The van der Waals surface area contributed by atoms with Crippen LogP contribution in [0.3, 0.4) is 0 Å². The SMILES string of the molecule is CCOc1ccc2ccccc2c1C(=O)N[C@@H]1C(=O)N2[C@@H]1SC(C)(C)[C@@H]2C(=O)O.COc1cccc(OC)c1C(=O)N[C@@H]1C(=O)N2[C@@H]1SC(C)(C)[C@@H]2C(=O)O.Cc1onc(-c2c(Cl)cccc2Cl)c1C(=O)N[C@@H]1C(=O)N2[C@@H]1SC(C)(C)[C@@H]2C(=O)O.Cc1onc(-c2ccccc2)c1C(=O)N[C@@H]1C(=O)N2[C@@H]1SC(C)(C)[C@@H]2C(=O)O.Cc1onc(-c2ccccc2Cl)c1C(=O)N[C@@H]1C(=O)N2[C@@H]1SC(C)(C)[C@@H]2C(=O)O. The largest absolute Gasteiger partial charge is 0.496 e. The Kier molecular flexibility index (Phi) is 28.8. The van der Waals surface area contributed by atoms with E-state index in [1.807, 2.05) is 67.6 Å². The van der Waals surface area contributed by atoms with Gasteiger partial charge in [0.15, 0.2) is 0 Å². The van der Waals surface area contributed by atoms with Crippen LogP contribution in [0.5, 0.6) is 17.2 Å². The first-order valence-electron chi connectivity index (χ1n) is 44.1. The van der Waals surface area contributed by atoms with Gasteiger partial charge >= 0.3 is 29.8 Å². The third kappa shape index (κ3) is 18.5. The Morgan fingerprint density at radius 3 is 1.01 bits per heavy atom. The third-order valence-corrected chi connectivity index (χ3v) is 34.3. The lowest BCUT2D eigenvalue weighted by Gasteiger charge is -2.43. The van der Waals surface area contributed by atoms with Crippen molar-refractivity contribution in [3.05, 3.63) is 188 Å². The van der Waals surface area contributed by atoms with Crippen molar-refractivity contribution < 1.29 is 125 Å². The van der Waals surface area contributed by atoms with Crippen LogP contribution in [0.1, 0.15) is 145 Å². The molecule has 6 aromatic carbocycles. The van der Waals surface area contributed by atoms with Crippen molar-refractivity contribution in [2.45, 2.75) is 208 Å². The molecule has 0 saturated carbocycles. The molecule has 0 unspecified atom stereocenters. The fraction of sp³-hybridized carbons (Fsp3) is 0.389. The number of nitrogens with zero attached hydrogens (tertiary/aromatic N) is 8. The van der Waals surface area contributed by atoms with Gasteiger partial charge in [0, 0.05) is 40.4 Å². The van der Waals surface area contributed by atoms with E-state index >= 15 is 0 Å². The second-order valence-corrected chi connectivity index (χ2v) is 46.8. The number of hydrogen-bond acceptors (Lipinski definition) is 29. The fourth-order valence-corrected chi connectivity index (χ4v) is 28.0. The summed E-state index contributed by atoms with van der Waals surface area (Å²) in [5, 5.41) is 73.6. The molecule has 9 aromatic rings. The number of halogens is 3. The zero-order chi connectivity index (χ0) is 103. The molecule has 0 radical (unpaired) electrons. The summed E-state index contributed by atoms with van der Waals surface area (Å²) in [4.78, 5) is 193. The summed E-state index contributed by atoms with van der Waals surface area (Å²) < 4.78 is 28.4. The van der Waals surface area contributed by atoms with Crippen molar-refractivity contribution in [3.8, 4) is 51.0 Å². The predicted octanol–water partition coefficient (Wildman–Crippen LogP) is 11.1. The Hall–Kier alpha value is -12.7. The molecule has 0 bridgehead atoms. The number of rotatable bonds is 22. The average molecular weight is 2100 g/mol. The number of fused-ring (bicyclic) bond motifs is 6. The second-order valence-electron chi connectivity index (χ2n) is 36.7. The van der Waals surface area contributed by atoms with Crippen molar-refractivity contribution in [3.63, 3.8) is 0 Å². The Labute approximate surface area is 846 Å². The lowest BCUT2D eigenvalue weighted by atomic mass is 9.95. The Morgan fingerprint density at radius 1 is 0.359 bits per heavy atom. The highest BCUT2D eigenvalue weighted by atomic mass is 35.5. The van der Waals surface area contributed by atoms with Gasteiger partial charge in [-0.3, -0.25) is 47.9 Å². The Balaban J connectivity index is 0.000000134. The molecule has 10 aliphatic rings. The molecule has 10 saturated heterocycles. The summed E-state index contributed by atoms with van der Waals surface area (Å²) in [6, 6.07) is 28.4. The summed E-state index contributed by atoms with van der Waals surface area (Å²) in [5.74, 6) is -7.73. The van der Waals surface area contributed by atoms with Crippen molar-refractivity contribution in [1.82, 2.24) is 66.6 Å². The summed E-state index contributed by atoms with van der Waals surface area (Å²) in [6.07, 6.45) is 0. The van der Waals surface area contributed by atoms with E-state index in [1.165, 1.54) is 97.5 Å².